The van der Waals surface area contributed by atoms with Crippen LogP contribution in [0.1, 0.15) is 5.56 Å². The Hall–Kier alpha value is -1.34. The Balaban J connectivity index is 1.96. The second-order valence-electron chi connectivity index (χ2n) is 5.74. The second-order valence-corrected chi connectivity index (χ2v) is 6.86. The molecule has 0 spiro atoms. The van der Waals surface area contributed by atoms with Gasteiger partial charge >= 0.3 is 5.97 Å². The van der Waals surface area contributed by atoms with Gasteiger partial charge in [0.25, 0.3) is 0 Å². The molecule has 0 saturated carbocycles. The molecule has 6 nitrogen and oxygen atoms in total. The van der Waals surface area contributed by atoms with Crippen LogP contribution in [-0.4, -0.2) is 48.9 Å². The number of benzene rings is 1. The lowest BCUT2D eigenvalue weighted by atomic mass is 9.96. The van der Waals surface area contributed by atoms with Gasteiger partial charge in [-0.15, -0.1) is 23.2 Å². The number of piperidine rings is 1. The minimum absolute atomic E-state index is 0.199. The first kappa shape index (κ1) is 19.0. The Morgan fingerprint density at radius 3 is 2.42 bits per heavy atom. The molecule has 132 valence electrons. The smallest absolute Gasteiger partial charge is 0.322 e. The van der Waals surface area contributed by atoms with Gasteiger partial charge in [-0.3, -0.25) is 9.59 Å². The zero-order valence-corrected chi connectivity index (χ0v) is 14.8. The van der Waals surface area contributed by atoms with Gasteiger partial charge < -0.3 is 21.1 Å². The summed E-state index contributed by atoms with van der Waals surface area (Å²) in [4.78, 5) is 23.7. The third kappa shape index (κ3) is 4.83. The van der Waals surface area contributed by atoms with Crippen LogP contribution in [0.3, 0.4) is 0 Å². The molecule has 1 heterocycles. The van der Waals surface area contributed by atoms with E-state index in [-0.39, 0.29) is 16.7 Å². The Bertz CT molecular complexity index is 572. The molecule has 1 aromatic carbocycles. The maximum Gasteiger partial charge on any atom is 0.322 e. The number of esters is 1. The van der Waals surface area contributed by atoms with Crippen LogP contribution in [0, 0.1) is 5.92 Å². The molecular weight excluding hydrogens is 353 g/mol. The summed E-state index contributed by atoms with van der Waals surface area (Å²) >= 11 is 12.4. The zero-order chi connectivity index (χ0) is 17.7. The summed E-state index contributed by atoms with van der Waals surface area (Å²) in [5.74, 6) is -1.11. The number of alkyl halides is 2. The van der Waals surface area contributed by atoms with Gasteiger partial charge in [0.2, 0.25) is 5.91 Å². The molecule has 0 aromatic heterocycles. The molecule has 1 aliphatic heterocycles. The molecule has 1 amide bonds. The van der Waals surface area contributed by atoms with E-state index in [1.807, 2.05) is 0 Å². The number of rotatable bonds is 5. The molecule has 1 aromatic rings. The minimum Gasteiger partial charge on any atom is -0.468 e. The van der Waals surface area contributed by atoms with Crippen molar-refractivity contribution in [3.8, 4) is 0 Å². The second kappa shape index (κ2) is 8.67. The summed E-state index contributed by atoms with van der Waals surface area (Å²) in [7, 11) is 1.30. The average Bonchev–Trinajstić information content (AvgIpc) is 2.55. The highest BCUT2D eigenvalue weighted by Gasteiger charge is 2.36. The first-order valence-electron chi connectivity index (χ1n) is 7.64. The predicted octanol–water partition coefficient (Wildman–Crippen LogP) is 1.10. The fourth-order valence-electron chi connectivity index (χ4n) is 2.61. The van der Waals surface area contributed by atoms with E-state index >= 15 is 0 Å². The molecule has 1 aliphatic rings. The highest BCUT2D eigenvalue weighted by Crippen LogP contribution is 2.24. The molecule has 2 unspecified atom stereocenters. The molecule has 24 heavy (non-hydrogen) atoms. The number of hydrogen-bond acceptors (Lipinski definition) is 5. The van der Waals surface area contributed by atoms with Gasteiger partial charge in [-0.05, 0) is 24.1 Å². The zero-order valence-electron chi connectivity index (χ0n) is 13.3. The number of hydrogen-bond donors (Lipinski definition) is 3. The standard InChI is InChI=1S/C16H21Cl2N3O3/c1-24-16(23)13(19)6-9-2-4-10(5-3-9)21-15(22)14-11(17)7-20-8-12(14)18/h2-5,11-14,20H,6-8,19H2,1H3,(H,21,22)/t11?,12?,13-,14?/m0/s1. The first-order chi connectivity index (χ1) is 11.4. The van der Waals surface area contributed by atoms with E-state index in [2.05, 4.69) is 15.4 Å². The van der Waals surface area contributed by atoms with Crippen molar-refractivity contribution in [2.24, 2.45) is 11.7 Å². The lowest BCUT2D eigenvalue weighted by Gasteiger charge is -2.31. The van der Waals surface area contributed by atoms with Gasteiger partial charge in [-0.2, -0.15) is 0 Å². The van der Waals surface area contributed by atoms with Crippen LogP contribution < -0.4 is 16.4 Å². The predicted molar refractivity (Wildman–Crippen MR) is 94.4 cm³/mol. The van der Waals surface area contributed by atoms with E-state index in [1.165, 1.54) is 7.11 Å². The largest absolute Gasteiger partial charge is 0.468 e. The number of carbonyl (C=O) groups excluding carboxylic acids is 2. The summed E-state index contributed by atoms with van der Waals surface area (Å²) in [6.45, 7) is 1.10. The fourth-order valence-corrected chi connectivity index (χ4v) is 3.48. The number of anilines is 1. The van der Waals surface area contributed by atoms with Gasteiger partial charge in [-0.1, -0.05) is 12.1 Å². The van der Waals surface area contributed by atoms with Gasteiger partial charge in [0, 0.05) is 18.8 Å². The van der Waals surface area contributed by atoms with E-state index in [0.717, 1.165) is 5.56 Å². The molecular formula is C16H21Cl2N3O3. The molecule has 3 atom stereocenters. The fraction of sp³-hybridized carbons (Fsp3) is 0.500. The third-order valence-corrected chi connectivity index (χ3v) is 4.79. The van der Waals surface area contributed by atoms with Crippen LogP contribution in [0.5, 0.6) is 0 Å². The molecule has 4 N–H and O–H groups in total. The maximum absolute atomic E-state index is 12.4. The van der Waals surface area contributed by atoms with Crippen molar-refractivity contribution in [1.82, 2.24) is 5.32 Å². The van der Waals surface area contributed by atoms with Crippen LogP contribution >= 0.6 is 23.2 Å². The number of carbonyl (C=O) groups is 2. The van der Waals surface area contributed by atoms with Crippen LogP contribution in [0.4, 0.5) is 5.69 Å². The third-order valence-electron chi connectivity index (χ3n) is 3.94. The van der Waals surface area contributed by atoms with Gasteiger partial charge in [0.05, 0.1) is 23.8 Å². The lowest BCUT2D eigenvalue weighted by molar-refractivity contribution is -0.142. The van der Waals surface area contributed by atoms with Crippen LogP contribution in [0.2, 0.25) is 0 Å². The average molecular weight is 374 g/mol. The molecule has 0 aliphatic carbocycles. The summed E-state index contributed by atoms with van der Waals surface area (Å²) < 4.78 is 4.60. The van der Waals surface area contributed by atoms with Crippen molar-refractivity contribution in [3.05, 3.63) is 29.8 Å². The Kier molecular flexibility index (Phi) is 6.86. The van der Waals surface area contributed by atoms with Crippen molar-refractivity contribution >= 4 is 40.8 Å². The van der Waals surface area contributed by atoms with Gasteiger partial charge in [0.15, 0.2) is 0 Å². The SMILES string of the molecule is COC(=O)[C@@H](N)Cc1ccc(NC(=O)C2C(Cl)CNCC2Cl)cc1. The monoisotopic (exact) mass is 373 g/mol. The summed E-state index contributed by atoms with van der Waals surface area (Å²) in [6.07, 6.45) is 0.364. The van der Waals surface area contributed by atoms with Crippen LogP contribution in [0.25, 0.3) is 0 Å². The van der Waals surface area contributed by atoms with E-state index < -0.39 is 17.9 Å². The maximum atomic E-state index is 12.4. The van der Waals surface area contributed by atoms with E-state index in [0.29, 0.717) is 25.2 Å². The molecule has 0 radical (unpaired) electrons. The topological polar surface area (TPSA) is 93.4 Å². The highest BCUT2D eigenvalue weighted by atomic mass is 35.5. The van der Waals surface area contributed by atoms with Crippen molar-refractivity contribution < 1.29 is 14.3 Å². The Labute approximate surface area is 151 Å². The molecule has 1 saturated heterocycles. The minimum atomic E-state index is -0.709. The number of amides is 1. The summed E-state index contributed by atoms with van der Waals surface area (Å²) in [5.41, 5.74) is 7.24. The summed E-state index contributed by atoms with van der Waals surface area (Å²) in [5, 5.41) is 5.21. The Morgan fingerprint density at radius 1 is 1.29 bits per heavy atom. The number of nitrogens with two attached hydrogens (primary N) is 1. The van der Waals surface area contributed by atoms with E-state index in [9.17, 15) is 9.59 Å². The number of methoxy groups -OCH3 is 1. The van der Waals surface area contributed by atoms with Crippen LogP contribution in [0.15, 0.2) is 24.3 Å². The number of halogens is 2. The number of ether oxygens (including phenoxy) is 1. The quantitative estimate of drug-likeness (QED) is 0.530. The molecule has 8 heteroatoms. The molecule has 2 rings (SSSR count). The van der Waals surface area contributed by atoms with Gasteiger partial charge in [-0.25, -0.2) is 0 Å². The van der Waals surface area contributed by atoms with Crippen LogP contribution in [-0.2, 0) is 20.7 Å². The van der Waals surface area contributed by atoms with E-state index in [4.69, 9.17) is 28.9 Å². The summed E-state index contributed by atoms with van der Waals surface area (Å²) in [6, 6.07) is 6.41. The molecule has 0 bridgehead atoms. The van der Waals surface area contributed by atoms with Crippen molar-refractivity contribution in [2.45, 2.75) is 23.2 Å². The lowest BCUT2D eigenvalue weighted by Crippen LogP contribution is -2.50. The van der Waals surface area contributed by atoms with Crippen molar-refractivity contribution in [3.63, 3.8) is 0 Å². The van der Waals surface area contributed by atoms with Crippen molar-refractivity contribution in [2.75, 3.05) is 25.5 Å². The van der Waals surface area contributed by atoms with Crippen molar-refractivity contribution in [1.29, 1.82) is 0 Å². The van der Waals surface area contributed by atoms with E-state index in [1.54, 1.807) is 24.3 Å². The highest BCUT2D eigenvalue weighted by molar-refractivity contribution is 6.27. The first-order valence-corrected chi connectivity index (χ1v) is 8.51. The Morgan fingerprint density at radius 2 is 1.88 bits per heavy atom. The normalized spacial score (nSPS) is 24.9. The molecule has 1 fully saturated rings. The number of nitrogens with one attached hydrogen (secondary N) is 2. The van der Waals surface area contributed by atoms with Gasteiger partial charge in [0.1, 0.15) is 6.04 Å².